The average Bonchev–Trinajstić information content (AvgIpc) is 2.96. The van der Waals surface area contributed by atoms with Crippen molar-refractivity contribution in [1.29, 1.82) is 0 Å². The predicted molar refractivity (Wildman–Crippen MR) is 80.2 cm³/mol. The van der Waals surface area contributed by atoms with E-state index in [1.807, 2.05) is 0 Å². The zero-order chi connectivity index (χ0) is 16.2. The molecule has 1 aliphatic carbocycles. The van der Waals surface area contributed by atoms with Gasteiger partial charge in [-0.2, -0.15) is 0 Å². The molecular formula is C15H19NO5S. The van der Waals surface area contributed by atoms with E-state index in [2.05, 4.69) is 5.32 Å². The van der Waals surface area contributed by atoms with Crippen LogP contribution in [-0.2, 0) is 19.4 Å². The molecule has 2 rings (SSSR count). The van der Waals surface area contributed by atoms with Crippen LogP contribution in [0.3, 0.4) is 0 Å². The Bertz CT molecular complexity index is 662. The van der Waals surface area contributed by atoms with Crippen molar-refractivity contribution < 1.29 is 22.7 Å². The molecule has 0 heterocycles. The van der Waals surface area contributed by atoms with Gasteiger partial charge in [-0.25, -0.2) is 13.2 Å². The molecule has 7 heteroatoms. The second-order valence-electron chi connectivity index (χ2n) is 5.39. The Kier molecular flexibility index (Phi) is 5.18. The van der Waals surface area contributed by atoms with Crippen LogP contribution in [0.1, 0.15) is 36.0 Å². The molecule has 0 unspecified atom stereocenters. The molecule has 6 nitrogen and oxygen atoms in total. The largest absolute Gasteiger partial charge is 0.452 e. The smallest absolute Gasteiger partial charge is 0.339 e. The molecule has 1 fully saturated rings. The number of hydrogen-bond acceptors (Lipinski definition) is 5. The third-order valence-corrected chi connectivity index (χ3v) is 4.72. The number of benzene rings is 1. The molecule has 1 aliphatic rings. The van der Waals surface area contributed by atoms with Gasteiger partial charge < -0.3 is 10.1 Å². The lowest BCUT2D eigenvalue weighted by molar-refractivity contribution is -0.124. The number of carbonyl (C=O) groups is 2. The minimum absolute atomic E-state index is 0.0568. The standard InChI is InChI=1S/C15H19NO5S/c1-22(19,20)13-9-5-4-8-12(13)15(18)21-10-14(17)16-11-6-2-3-7-11/h4-5,8-9,11H,2-3,6-7,10H2,1H3,(H,16,17). The SMILES string of the molecule is CS(=O)(=O)c1ccccc1C(=O)OCC(=O)NC1CCCC1. The van der Waals surface area contributed by atoms with Crippen molar-refractivity contribution in [3.8, 4) is 0 Å². The molecule has 1 saturated carbocycles. The summed E-state index contributed by atoms with van der Waals surface area (Å²) in [6.07, 6.45) is 5.08. The van der Waals surface area contributed by atoms with Crippen molar-refractivity contribution in [1.82, 2.24) is 5.32 Å². The van der Waals surface area contributed by atoms with Crippen LogP contribution >= 0.6 is 0 Å². The van der Waals surface area contributed by atoms with Crippen molar-refractivity contribution in [3.63, 3.8) is 0 Å². The third kappa shape index (κ3) is 4.30. The van der Waals surface area contributed by atoms with E-state index >= 15 is 0 Å². The van der Waals surface area contributed by atoms with E-state index in [-0.39, 0.29) is 22.4 Å². The third-order valence-electron chi connectivity index (χ3n) is 3.56. The van der Waals surface area contributed by atoms with E-state index in [1.165, 1.54) is 18.2 Å². The summed E-state index contributed by atoms with van der Waals surface area (Å²) in [4.78, 5) is 23.6. The van der Waals surface area contributed by atoms with E-state index in [1.54, 1.807) is 6.07 Å². The topological polar surface area (TPSA) is 89.5 Å². The molecule has 0 saturated heterocycles. The molecule has 1 amide bonds. The molecule has 0 aromatic heterocycles. The summed E-state index contributed by atoms with van der Waals surface area (Å²) in [5.41, 5.74) is -0.0568. The van der Waals surface area contributed by atoms with Crippen LogP contribution in [0, 0.1) is 0 Å². The van der Waals surface area contributed by atoms with Crippen LogP contribution in [0.15, 0.2) is 29.2 Å². The molecule has 1 aromatic carbocycles. The first-order chi connectivity index (χ1) is 10.4. The summed E-state index contributed by atoms with van der Waals surface area (Å²) in [7, 11) is -3.54. The van der Waals surface area contributed by atoms with Gasteiger partial charge in [0.1, 0.15) is 0 Å². The lowest BCUT2D eigenvalue weighted by Crippen LogP contribution is -2.36. The Labute approximate surface area is 129 Å². The molecule has 0 atom stereocenters. The van der Waals surface area contributed by atoms with Gasteiger partial charge in [0.2, 0.25) is 0 Å². The Morgan fingerprint density at radius 3 is 2.50 bits per heavy atom. The van der Waals surface area contributed by atoms with Crippen LogP contribution in [0.4, 0.5) is 0 Å². The second-order valence-corrected chi connectivity index (χ2v) is 7.38. The van der Waals surface area contributed by atoms with Crippen LogP contribution in [-0.4, -0.2) is 39.2 Å². The average molecular weight is 325 g/mol. The van der Waals surface area contributed by atoms with Gasteiger partial charge in [0.05, 0.1) is 10.5 Å². The van der Waals surface area contributed by atoms with Crippen molar-refractivity contribution in [2.24, 2.45) is 0 Å². The highest BCUT2D eigenvalue weighted by atomic mass is 32.2. The number of ether oxygens (including phenoxy) is 1. The summed E-state index contributed by atoms with van der Waals surface area (Å²) in [5, 5.41) is 2.80. The van der Waals surface area contributed by atoms with E-state index in [0.717, 1.165) is 31.9 Å². The zero-order valence-corrected chi connectivity index (χ0v) is 13.2. The van der Waals surface area contributed by atoms with Crippen LogP contribution in [0.2, 0.25) is 0 Å². The number of hydrogen-bond donors (Lipinski definition) is 1. The molecule has 0 radical (unpaired) electrons. The van der Waals surface area contributed by atoms with E-state index < -0.39 is 22.4 Å². The molecule has 22 heavy (non-hydrogen) atoms. The Morgan fingerprint density at radius 1 is 1.23 bits per heavy atom. The highest BCUT2D eigenvalue weighted by molar-refractivity contribution is 7.90. The van der Waals surface area contributed by atoms with Crippen molar-refractivity contribution in [3.05, 3.63) is 29.8 Å². The Balaban J connectivity index is 1.96. The maximum atomic E-state index is 12.0. The number of sulfone groups is 1. The zero-order valence-electron chi connectivity index (χ0n) is 12.4. The van der Waals surface area contributed by atoms with Gasteiger partial charge in [-0.1, -0.05) is 25.0 Å². The highest BCUT2D eigenvalue weighted by Gasteiger charge is 2.21. The predicted octanol–water partition coefficient (Wildman–Crippen LogP) is 1.31. The first kappa shape index (κ1) is 16.5. The highest BCUT2D eigenvalue weighted by Crippen LogP contribution is 2.18. The minimum Gasteiger partial charge on any atom is -0.452 e. The first-order valence-corrected chi connectivity index (χ1v) is 9.02. The van der Waals surface area contributed by atoms with Gasteiger partial charge in [-0.15, -0.1) is 0 Å². The molecule has 1 aromatic rings. The Morgan fingerprint density at radius 2 is 1.86 bits per heavy atom. The number of amides is 1. The molecule has 1 N–H and O–H groups in total. The Hall–Kier alpha value is -1.89. The van der Waals surface area contributed by atoms with Crippen LogP contribution < -0.4 is 5.32 Å². The van der Waals surface area contributed by atoms with Crippen molar-refractivity contribution >= 4 is 21.7 Å². The fraction of sp³-hybridized carbons (Fsp3) is 0.467. The maximum Gasteiger partial charge on any atom is 0.339 e. The normalized spacial score (nSPS) is 15.5. The minimum atomic E-state index is -3.54. The molecule has 0 aliphatic heterocycles. The summed E-state index contributed by atoms with van der Waals surface area (Å²) in [6, 6.07) is 5.93. The van der Waals surface area contributed by atoms with Gasteiger partial charge in [0, 0.05) is 12.3 Å². The first-order valence-electron chi connectivity index (χ1n) is 7.13. The summed E-state index contributed by atoms with van der Waals surface area (Å²) < 4.78 is 28.2. The molecule has 0 bridgehead atoms. The molecule has 0 spiro atoms. The number of carbonyl (C=O) groups excluding carboxylic acids is 2. The van der Waals surface area contributed by atoms with E-state index in [0.29, 0.717) is 0 Å². The fourth-order valence-electron chi connectivity index (χ4n) is 2.51. The van der Waals surface area contributed by atoms with Gasteiger partial charge in [-0.3, -0.25) is 4.79 Å². The van der Waals surface area contributed by atoms with E-state index in [4.69, 9.17) is 4.74 Å². The van der Waals surface area contributed by atoms with Crippen LogP contribution in [0.25, 0.3) is 0 Å². The number of rotatable bonds is 5. The lowest BCUT2D eigenvalue weighted by Gasteiger charge is -2.12. The van der Waals surface area contributed by atoms with Crippen LogP contribution in [0.5, 0.6) is 0 Å². The van der Waals surface area contributed by atoms with Gasteiger partial charge in [-0.05, 0) is 25.0 Å². The summed E-state index contributed by atoms with van der Waals surface area (Å²) >= 11 is 0. The van der Waals surface area contributed by atoms with Crippen molar-refractivity contribution in [2.75, 3.05) is 12.9 Å². The number of nitrogens with one attached hydrogen (secondary N) is 1. The quantitative estimate of drug-likeness (QED) is 0.824. The van der Waals surface area contributed by atoms with Crippen molar-refractivity contribution in [2.45, 2.75) is 36.6 Å². The summed E-state index contributed by atoms with van der Waals surface area (Å²) in [5.74, 6) is -1.18. The molecule has 120 valence electrons. The van der Waals surface area contributed by atoms with Gasteiger partial charge in [0.25, 0.3) is 5.91 Å². The second kappa shape index (κ2) is 6.91. The van der Waals surface area contributed by atoms with Gasteiger partial charge in [0.15, 0.2) is 16.4 Å². The molecular weight excluding hydrogens is 306 g/mol. The monoisotopic (exact) mass is 325 g/mol. The summed E-state index contributed by atoms with van der Waals surface area (Å²) in [6.45, 7) is -0.409. The fourth-order valence-corrected chi connectivity index (χ4v) is 3.38. The van der Waals surface area contributed by atoms with E-state index in [9.17, 15) is 18.0 Å². The number of esters is 1. The lowest BCUT2D eigenvalue weighted by atomic mass is 10.2. The maximum absolute atomic E-state index is 12.0. The van der Waals surface area contributed by atoms with Gasteiger partial charge >= 0.3 is 5.97 Å².